The predicted octanol–water partition coefficient (Wildman–Crippen LogP) is 2.96. The molecule has 4 heteroatoms. The summed E-state index contributed by atoms with van der Waals surface area (Å²) in [7, 11) is 0. The molecule has 2 rings (SSSR count). The van der Waals surface area contributed by atoms with Crippen LogP contribution in [0.4, 0.5) is 0 Å². The maximum Gasteiger partial charge on any atom is 0.116 e. The van der Waals surface area contributed by atoms with Crippen LogP contribution in [0.2, 0.25) is 4.34 Å². The molecule has 0 aromatic carbocycles. The van der Waals surface area contributed by atoms with E-state index < -0.39 is 0 Å². The van der Waals surface area contributed by atoms with E-state index in [9.17, 15) is 0 Å². The fraction of sp³-hybridized carbons (Fsp3) is 0.700. The summed E-state index contributed by atoms with van der Waals surface area (Å²) in [5.74, 6) is 0.670. The summed E-state index contributed by atoms with van der Waals surface area (Å²) in [6.45, 7) is 0.633. The molecule has 78 valence electrons. The Bertz CT molecular complexity index is 305. The molecule has 0 aliphatic heterocycles. The van der Waals surface area contributed by atoms with Gasteiger partial charge in [0.15, 0.2) is 0 Å². The highest BCUT2D eigenvalue weighted by atomic mass is 35.5. The molecule has 1 heterocycles. The molecule has 0 spiro atoms. The van der Waals surface area contributed by atoms with Gasteiger partial charge in [0.2, 0.25) is 0 Å². The fourth-order valence-corrected chi connectivity index (χ4v) is 3.37. The first-order chi connectivity index (χ1) is 6.81. The van der Waals surface area contributed by atoms with Crippen LogP contribution in [0.3, 0.4) is 0 Å². The zero-order chi connectivity index (χ0) is 9.97. The number of aromatic nitrogens is 1. The lowest BCUT2D eigenvalue weighted by atomic mass is 10.1. The van der Waals surface area contributed by atoms with Gasteiger partial charge in [-0.1, -0.05) is 24.4 Å². The number of halogens is 1. The summed E-state index contributed by atoms with van der Waals surface area (Å²) in [5.41, 5.74) is 6.50. The van der Waals surface area contributed by atoms with Crippen LogP contribution in [0.1, 0.15) is 42.3 Å². The van der Waals surface area contributed by atoms with Crippen molar-refractivity contribution in [3.8, 4) is 0 Å². The number of nitrogens with zero attached hydrogens (tertiary/aromatic N) is 1. The molecule has 1 aromatic rings. The Morgan fingerprint density at radius 3 is 2.79 bits per heavy atom. The molecule has 1 saturated carbocycles. The highest BCUT2D eigenvalue weighted by molar-refractivity contribution is 7.16. The highest BCUT2D eigenvalue weighted by Gasteiger charge is 2.21. The maximum atomic E-state index is 6.10. The summed E-state index contributed by atoms with van der Waals surface area (Å²) in [6, 6.07) is 0. The van der Waals surface area contributed by atoms with Crippen molar-refractivity contribution in [2.45, 2.75) is 38.0 Å². The van der Waals surface area contributed by atoms with Crippen molar-refractivity contribution >= 4 is 22.9 Å². The minimum absolute atomic E-state index is 0.633. The lowest BCUT2D eigenvalue weighted by molar-refractivity contribution is 0.711. The Morgan fingerprint density at radius 2 is 2.14 bits per heavy atom. The van der Waals surface area contributed by atoms with E-state index in [0.717, 1.165) is 16.5 Å². The maximum absolute atomic E-state index is 6.10. The molecule has 0 radical (unpaired) electrons. The van der Waals surface area contributed by atoms with Gasteiger partial charge in [0.1, 0.15) is 4.34 Å². The molecule has 0 bridgehead atoms. The number of hydrogen-bond donors (Lipinski definition) is 1. The van der Waals surface area contributed by atoms with Crippen molar-refractivity contribution < 1.29 is 0 Å². The molecule has 0 unspecified atom stereocenters. The highest BCUT2D eigenvalue weighted by Crippen LogP contribution is 2.38. The number of nitrogens with two attached hydrogens (primary N) is 1. The fourth-order valence-electron chi connectivity index (χ4n) is 1.99. The first-order valence-electron chi connectivity index (χ1n) is 5.16. The van der Waals surface area contributed by atoms with E-state index in [4.69, 9.17) is 17.3 Å². The van der Waals surface area contributed by atoms with Gasteiger partial charge in [0, 0.05) is 12.3 Å². The summed E-state index contributed by atoms with van der Waals surface area (Å²) in [4.78, 5) is 4.59. The molecule has 0 saturated heterocycles. The van der Waals surface area contributed by atoms with Crippen molar-refractivity contribution in [3.05, 3.63) is 15.0 Å². The minimum atomic E-state index is 0.633. The van der Waals surface area contributed by atoms with E-state index in [0.29, 0.717) is 12.5 Å². The second kappa shape index (κ2) is 4.60. The molecular weight excluding hydrogens is 216 g/mol. The normalized spacial score (nSPS) is 17.9. The third-order valence-electron chi connectivity index (χ3n) is 2.75. The zero-order valence-corrected chi connectivity index (χ0v) is 9.70. The second-order valence-corrected chi connectivity index (χ2v) is 5.43. The summed E-state index contributed by atoms with van der Waals surface area (Å²) < 4.78 is 0.845. The average Bonchev–Trinajstić information content (AvgIpc) is 2.76. The monoisotopic (exact) mass is 230 g/mol. The average molecular weight is 231 g/mol. The zero-order valence-electron chi connectivity index (χ0n) is 8.13. The Balaban J connectivity index is 2.14. The van der Waals surface area contributed by atoms with E-state index in [-0.39, 0.29) is 0 Å². The minimum Gasteiger partial charge on any atom is -0.330 e. The largest absolute Gasteiger partial charge is 0.330 e. The van der Waals surface area contributed by atoms with Crippen LogP contribution >= 0.6 is 22.9 Å². The van der Waals surface area contributed by atoms with Crippen molar-refractivity contribution in [2.24, 2.45) is 5.73 Å². The van der Waals surface area contributed by atoms with E-state index in [1.807, 2.05) is 0 Å². The number of thiazole rings is 1. The lowest BCUT2D eigenvalue weighted by Crippen LogP contribution is -2.03. The van der Waals surface area contributed by atoms with Crippen molar-refractivity contribution in [2.75, 3.05) is 6.54 Å². The Morgan fingerprint density at radius 1 is 1.43 bits per heavy atom. The second-order valence-electron chi connectivity index (χ2n) is 3.79. The van der Waals surface area contributed by atoms with Gasteiger partial charge >= 0.3 is 0 Å². The molecular formula is C10H15ClN2S. The Kier molecular flexibility index (Phi) is 3.42. The molecule has 1 fully saturated rings. The molecule has 0 atom stereocenters. The molecule has 2 N–H and O–H groups in total. The van der Waals surface area contributed by atoms with Crippen LogP contribution in [-0.2, 0) is 6.42 Å². The van der Waals surface area contributed by atoms with Crippen molar-refractivity contribution in [1.29, 1.82) is 0 Å². The molecule has 1 aliphatic rings. The molecule has 1 aromatic heterocycles. The quantitative estimate of drug-likeness (QED) is 0.867. The number of rotatable bonds is 3. The first kappa shape index (κ1) is 10.4. The van der Waals surface area contributed by atoms with Crippen LogP contribution in [0.25, 0.3) is 0 Å². The van der Waals surface area contributed by atoms with Gasteiger partial charge < -0.3 is 5.73 Å². The predicted molar refractivity (Wildman–Crippen MR) is 61.1 cm³/mol. The van der Waals surface area contributed by atoms with Gasteiger partial charge in [0.05, 0.1) is 10.7 Å². The van der Waals surface area contributed by atoms with Gasteiger partial charge in [-0.2, -0.15) is 0 Å². The van der Waals surface area contributed by atoms with Crippen LogP contribution < -0.4 is 5.73 Å². The van der Waals surface area contributed by atoms with Gasteiger partial charge in [-0.05, 0) is 19.4 Å². The van der Waals surface area contributed by atoms with Crippen LogP contribution in [0, 0.1) is 0 Å². The lowest BCUT2D eigenvalue weighted by Gasteiger charge is -2.02. The van der Waals surface area contributed by atoms with Gasteiger partial charge in [-0.25, -0.2) is 4.98 Å². The van der Waals surface area contributed by atoms with Crippen molar-refractivity contribution in [1.82, 2.24) is 4.98 Å². The molecule has 14 heavy (non-hydrogen) atoms. The van der Waals surface area contributed by atoms with Crippen LogP contribution in [0.5, 0.6) is 0 Å². The Hall–Kier alpha value is -0.120. The third kappa shape index (κ3) is 2.10. The summed E-state index contributed by atoms with van der Waals surface area (Å²) in [5, 5.41) is 1.23. The number of hydrogen-bond acceptors (Lipinski definition) is 3. The molecule has 2 nitrogen and oxygen atoms in total. The SMILES string of the molecule is NCCc1nc(C2CCCC2)sc1Cl. The van der Waals surface area contributed by atoms with E-state index in [2.05, 4.69) is 4.98 Å². The van der Waals surface area contributed by atoms with E-state index in [1.54, 1.807) is 11.3 Å². The molecule has 1 aliphatic carbocycles. The van der Waals surface area contributed by atoms with Crippen molar-refractivity contribution in [3.63, 3.8) is 0 Å². The Labute approximate surface area is 93.5 Å². The van der Waals surface area contributed by atoms with Crippen LogP contribution in [0.15, 0.2) is 0 Å². The molecule has 0 amide bonds. The topological polar surface area (TPSA) is 38.9 Å². The van der Waals surface area contributed by atoms with E-state index >= 15 is 0 Å². The first-order valence-corrected chi connectivity index (χ1v) is 6.36. The summed E-state index contributed by atoms with van der Waals surface area (Å²) in [6.07, 6.45) is 6.06. The van der Waals surface area contributed by atoms with Gasteiger partial charge in [-0.15, -0.1) is 11.3 Å². The van der Waals surface area contributed by atoms with Gasteiger partial charge in [0.25, 0.3) is 0 Å². The van der Waals surface area contributed by atoms with Crippen LogP contribution in [-0.4, -0.2) is 11.5 Å². The summed E-state index contributed by atoms with van der Waals surface area (Å²) >= 11 is 7.75. The third-order valence-corrected chi connectivity index (χ3v) is 4.25. The smallest absolute Gasteiger partial charge is 0.116 e. The standard InChI is InChI=1S/C10H15ClN2S/c11-9-8(5-6-12)13-10(14-9)7-3-1-2-4-7/h7H,1-6,12H2. The van der Waals surface area contributed by atoms with Gasteiger partial charge in [-0.3, -0.25) is 0 Å². The van der Waals surface area contributed by atoms with E-state index in [1.165, 1.54) is 30.7 Å².